The first-order valence-electron chi connectivity index (χ1n) is 8.60. The number of ether oxygens (including phenoxy) is 1. The summed E-state index contributed by atoms with van der Waals surface area (Å²) in [5.41, 5.74) is 1.77. The number of benzene rings is 2. The lowest BCUT2D eigenvalue weighted by Crippen LogP contribution is -2.41. The monoisotopic (exact) mass is 429 g/mol. The molecule has 1 aliphatic rings. The summed E-state index contributed by atoms with van der Waals surface area (Å²) in [6, 6.07) is 11.5. The molecule has 0 aliphatic carbocycles. The average Bonchev–Trinajstić information content (AvgIpc) is 3.17. The molecule has 0 bridgehead atoms. The van der Waals surface area contributed by atoms with Crippen LogP contribution in [0.15, 0.2) is 53.6 Å². The van der Waals surface area contributed by atoms with Crippen LogP contribution in [0.25, 0.3) is 0 Å². The minimum absolute atomic E-state index is 0.169. The van der Waals surface area contributed by atoms with Crippen molar-refractivity contribution in [1.29, 1.82) is 0 Å². The number of halogens is 5. The van der Waals surface area contributed by atoms with Crippen molar-refractivity contribution in [2.75, 3.05) is 23.5 Å². The first-order chi connectivity index (χ1) is 14.0. The molecule has 0 aromatic heterocycles. The van der Waals surface area contributed by atoms with Crippen molar-refractivity contribution in [3.63, 3.8) is 0 Å². The molecule has 1 atom stereocenters. The Hall–Kier alpha value is -3.37. The van der Waals surface area contributed by atoms with Gasteiger partial charge in [0.15, 0.2) is 0 Å². The number of carboxylic acid groups (broad SMARTS) is 1. The van der Waals surface area contributed by atoms with Gasteiger partial charge >= 0.3 is 18.4 Å². The highest BCUT2D eigenvalue weighted by molar-refractivity contribution is 5.86. The molecule has 0 radical (unpaired) electrons. The Bertz CT molecular complexity index is 947. The van der Waals surface area contributed by atoms with Crippen molar-refractivity contribution < 1.29 is 36.6 Å². The molecule has 1 heterocycles. The Labute approximate surface area is 167 Å². The molecule has 160 valence electrons. The summed E-state index contributed by atoms with van der Waals surface area (Å²) < 4.78 is 66.4. The van der Waals surface area contributed by atoms with Gasteiger partial charge < -0.3 is 9.84 Å². The number of carbonyl (C=O) groups is 1. The summed E-state index contributed by atoms with van der Waals surface area (Å²) in [7, 11) is 1.42. The second kappa shape index (κ2) is 7.81. The fraction of sp³-hybridized carbons (Fsp3) is 0.263. The van der Waals surface area contributed by atoms with Gasteiger partial charge in [-0.15, -0.1) is 0 Å². The number of nitrogens with zero attached hydrogens (tertiary/aromatic N) is 3. The van der Waals surface area contributed by atoms with E-state index in [9.17, 15) is 26.7 Å². The highest BCUT2D eigenvalue weighted by Crippen LogP contribution is 2.38. The Kier molecular flexibility index (Phi) is 5.55. The van der Waals surface area contributed by atoms with E-state index in [0.29, 0.717) is 17.9 Å². The largest absolute Gasteiger partial charge is 0.499 e. The lowest BCUT2D eigenvalue weighted by molar-refractivity contribution is -0.360. The average molecular weight is 429 g/mol. The van der Waals surface area contributed by atoms with Gasteiger partial charge in [0.25, 0.3) is 0 Å². The molecule has 0 spiro atoms. The second-order valence-electron chi connectivity index (χ2n) is 6.50. The number of anilines is 2. The first kappa shape index (κ1) is 21.3. The molecule has 30 heavy (non-hydrogen) atoms. The van der Waals surface area contributed by atoms with Crippen molar-refractivity contribution in [3.05, 3.63) is 54.1 Å². The molecule has 6 nitrogen and oxygen atoms in total. The summed E-state index contributed by atoms with van der Waals surface area (Å²) in [6.45, 7) is 0.374. The molecule has 1 N–H and O–H groups in total. The SMILES string of the molecule is CN(C(=O)O)c1cccc(C2C=NN(c3ccc(OC(F)(F)C(F)(F)F)cc3)C2)c1. The Balaban J connectivity index is 1.69. The Morgan fingerprint density at radius 3 is 2.43 bits per heavy atom. The number of hydrazone groups is 1. The zero-order valence-corrected chi connectivity index (χ0v) is 15.5. The Morgan fingerprint density at radius 1 is 1.17 bits per heavy atom. The van der Waals surface area contributed by atoms with Crippen LogP contribution in [0.5, 0.6) is 5.75 Å². The predicted molar refractivity (Wildman–Crippen MR) is 99.5 cm³/mol. The van der Waals surface area contributed by atoms with Crippen LogP contribution in [0.2, 0.25) is 0 Å². The third kappa shape index (κ3) is 4.44. The van der Waals surface area contributed by atoms with Crippen LogP contribution < -0.4 is 14.6 Å². The standard InChI is InChI=1S/C19H16F5N3O3/c1-26(17(28)29)15-4-2-3-12(9-15)13-10-25-27(11-13)14-5-7-16(8-6-14)30-19(23,24)18(20,21)22/h2-10,13H,11H2,1H3,(H,28,29). The van der Waals surface area contributed by atoms with Gasteiger partial charge in [0, 0.05) is 24.9 Å². The van der Waals surface area contributed by atoms with Crippen LogP contribution in [0.4, 0.5) is 38.1 Å². The first-order valence-corrected chi connectivity index (χ1v) is 8.60. The molecule has 2 aromatic carbocycles. The van der Waals surface area contributed by atoms with E-state index in [1.807, 2.05) is 6.07 Å². The van der Waals surface area contributed by atoms with E-state index in [-0.39, 0.29) is 5.92 Å². The fourth-order valence-corrected chi connectivity index (χ4v) is 2.77. The van der Waals surface area contributed by atoms with Crippen molar-refractivity contribution in [3.8, 4) is 5.75 Å². The van der Waals surface area contributed by atoms with Crippen molar-refractivity contribution in [1.82, 2.24) is 0 Å². The van der Waals surface area contributed by atoms with Gasteiger partial charge in [0.05, 0.1) is 12.2 Å². The number of hydrogen-bond acceptors (Lipinski definition) is 4. The molecule has 1 amide bonds. The summed E-state index contributed by atoms with van der Waals surface area (Å²) in [6.07, 6.45) is -10.6. The van der Waals surface area contributed by atoms with Gasteiger partial charge in [-0.1, -0.05) is 12.1 Å². The summed E-state index contributed by atoms with van der Waals surface area (Å²) in [5, 5.41) is 14.9. The highest BCUT2D eigenvalue weighted by atomic mass is 19.4. The molecule has 0 saturated heterocycles. The van der Waals surface area contributed by atoms with Gasteiger partial charge in [0.1, 0.15) is 5.75 Å². The number of hydrogen-bond donors (Lipinski definition) is 1. The van der Waals surface area contributed by atoms with Crippen LogP contribution >= 0.6 is 0 Å². The summed E-state index contributed by atoms with van der Waals surface area (Å²) in [4.78, 5) is 12.2. The molecule has 0 fully saturated rings. The van der Waals surface area contributed by atoms with Crippen LogP contribution in [-0.4, -0.2) is 43.3 Å². The maximum atomic E-state index is 13.0. The fourth-order valence-electron chi connectivity index (χ4n) is 2.77. The van der Waals surface area contributed by atoms with Crippen LogP contribution in [-0.2, 0) is 0 Å². The molecule has 11 heteroatoms. The maximum absolute atomic E-state index is 13.0. The van der Waals surface area contributed by atoms with Gasteiger partial charge in [-0.25, -0.2) is 4.79 Å². The summed E-state index contributed by atoms with van der Waals surface area (Å²) >= 11 is 0. The van der Waals surface area contributed by atoms with Crippen molar-refractivity contribution >= 4 is 23.7 Å². The zero-order valence-electron chi connectivity index (χ0n) is 15.5. The molecule has 0 saturated carbocycles. The minimum Gasteiger partial charge on any atom is -0.465 e. The van der Waals surface area contributed by atoms with Crippen molar-refractivity contribution in [2.24, 2.45) is 5.10 Å². The second-order valence-corrected chi connectivity index (χ2v) is 6.50. The van der Waals surface area contributed by atoms with Crippen molar-refractivity contribution in [2.45, 2.75) is 18.2 Å². The number of alkyl halides is 5. The highest BCUT2D eigenvalue weighted by Gasteiger charge is 2.61. The number of amides is 1. The summed E-state index contributed by atoms with van der Waals surface area (Å²) in [5.74, 6) is -0.803. The minimum atomic E-state index is -5.82. The maximum Gasteiger partial charge on any atom is 0.499 e. The van der Waals surface area contributed by atoms with Gasteiger partial charge in [0.2, 0.25) is 0 Å². The van der Waals surface area contributed by atoms with Gasteiger partial charge in [-0.3, -0.25) is 9.91 Å². The van der Waals surface area contributed by atoms with Crippen LogP contribution in [0, 0.1) is 0 Å². The normalized spacial score (nSPS) is 16.6. The topological polar surface area (TPSA) is 65.4 Å². The van der Waals surface area contributed by atoms with Gasteiger partial charge in [-0.2, -0.15) is 27.1 Å². The third-order valence-corrected chi connectivity index (χ3v) is 4.44. The molecule has 1 aliphatic heterocycles. The molecular formula is C19H16F5N3O3. The molecular weight excluding hydrogens is 413 g/mol. The predicted octanol–water partition coefficient (Wildman–Crippen LogP) is 4.92. The molecule has 1 unspecified atom stereocenters. The van der Waals surface area contributed by atoms with E-state index in [0.717, 1.165) is 22.6 Å². The van der Waals surface area contributed by atoms with E-state index in [1.165, 1.54) is 19.2 Å². The van der Waals surface area contributed by atoms with E-state index in [2.05, 4.69) is 9.84 Å². The smallest absolute Gasteiger partial charge is 0.465 e. The van der Waals surface area contributed by atoms with E-state index >= 15 is 0 Å². The zero-order chi connectivity index (χ0) is 22.1. The third-order valence-electron chi connectivity index (χ3n) is 4.44. The lowest BCUT2D eigenvalue weighted by Gasteiger charge is -2.21. The van der Waals surface area contributed by atoms with Gasteiger partial charge in [-0.05, 0) is 42.0 Å². The van der Waals surface area contributed by atoms with E-state index < -0.39 is 24.1 Å². The lowest BCUT2D eigenvalue weighted by atomic mass is 10.00. The Morgan fingerprint density at radius 2 is 1.83 bits per heavy atom. The van der Waals surface area contributed by atoms with E-state index in [4.69, 9.17) is 5.11 Å². The van der Waals surface area contributed by atoms with E-state index in [1.54, 1.807) is 29.4 Å². The quantitative estimate of drug-likeness (QED) is 0.685. The molecule has 2 aromatic rings. The molecule has 3 rings (SSSR count). The number of rotatable bonds is 5. The van der Waals surface area contributed by atoms with Crippen LogP contribution in [0.3, 0.4) is 0 Å². The van der Waals surface area contributed by atoms with Crippen LogP contribution in [0.1, 0.15) is 11.5 Å².